The van der Waals surface area contributed by atoms with E-state index >= 15 is 0 Å². The van der Waals surface area contributed by atoms with Crippen LogP contribution in [-0.2, 0) is 40.2 Å². The minimum Gasteiger partial charge on any atom is -0.292 e. The molecule has 194 valence electrons. The number of hydrogen-bond acceptors (Lipinski definition) is 7. The monoisotopic (exact) mass is 572 g/mol. The number of halogens is 4. The van der Waals surface area contributed by atoms with Gasteiger partial charge in [-0.15, -0.1) is 0 Å². The van der Waals surface area contributed by atoms with Crippen molar-refractivity contribution in [3.05, 3.63) is 91.3 Å². The molecule has 4 aromatic rings. The van der Waals surface area contributed by atoms with Gasteiger partial charge in [-0.2, -0.15) is 17.5 Å². The fraction of sp³-hybridized carbons (Fsp3) is 0.182. The average molecular weight is 573 g/mol. The van der Waals surface area contributed by atoms with E-state index in [4.69, 9.17) is 11.6 Å². The van der Waals surface area contributed by atoms with E-state index < -0.39 is 51.2 Å². The molecule has 0 aliphatic rings. The average Bonchev–Trinajstić information content (AvgIpc) is 3.16. The summed E-state index contributed by atoms with van der Waals surface area (Å²) >= 11 is 6.85. The predicted molar refractivity (Wildman–Crippen MR) is 131 cm³/mol. The molecule has 37 heavy (non-hydrogen) atoms. The van der Waals surface area contributed by atoms with Gasteiger partial charge in [0.1, 0.15) is 5.69 Å². The first-order valence-corrected chi connectivity index (χ1v) is 13.1. The second-order valence-corrected chi connectivity index (χ2v) is 10.9. The molecule has 0 unspecified atom stereocenters. The summed E-state index contributed by atoms with van der Waals surface area (Å²) in [7, 11) is -3.16. The fourth-order valence-corrected chi connectivity index (χ4v) is 5.72. The second-order valence-electron chi connectivity index (χ2n) is 7.94. The number of carbonyl (C=O) groups is 1. The molecule has 0 radical (unpaired) electrons. The Morgan fingerprint density at radius 3 is 2.54 bits per heavy atom. The van der Waals surface area contributed by atoms with E-state index in [1.165, 1.54) is 24.3 Å². The third-order valence-electron chi connectivity index (χ3n) is 5.24. The van der Waals surface area contributed by atoms with Crippen molar-refractivity contribution in [2.75, 3.05) is 0 Å². The number of benzene rings is 2. The lowest BCUT2D eigenvalue weighted by atomic mass is 10.1. The number of rotatable bonds is 6. The predicted octanol–water partition coefficient (Wildman–Crippen LogP) is 3.01. The minimum absolute atomic E-state index is 0.0396. The maximum Gasteiger partial charge on any atom is 0.431 e. The molecule has 2 aromatic heterocycles. The van der Waals surface area contributed by atoms with Gasteiger partial charge < -0.3 is 0 Å². The smallest absolute Gasteiger partial charge is 0.292 e. The highest BCUT2D eigenvalue weighted by molar-refractivity contribution is 7.89. The van der Waals surface area contributed by atoms with Crippen molar-refractivity contribution in [1.82, 2.24) is 18.2 Å². The Kier molecular flexibility index (Phi) is 7.01. The first kappa shape index (κ1) is 26.6. The largest absolute Gasteiger partial charge is 0.431 e. The minimum atomic E-state index is -4.90. The van der Waals surface area contributed by atoms with Crippen LogP contribution in [0.25, 0.3) is 15.8 Å². The molecule has 0 atom stereocenters. The normalized spacial score (nSPS) is 12.1. The molecule has 2 aromatic carbocycles. The summed E-state index contributed by atoms with van der Waals surface area (Å²) in [5.74, 6) is -1.36. The molecule has 0 fully saturated rings. The van der Waals surface area contributed by atoms with Crippen LogP contribution >= 0.6 is 23.1 Å². The summed E-state index contributed by atoms with van der Waals surface area (Å²) in [5, 5.41) is 0.671. The van der Waals surface area contributed by atoms with Crippen LogP contribution in [0.1, 0.15) is 17.0 Å². The van der Waals surface area contributed by atoms with Crippen LogP contribution in [0.4, 0.5) is 13.2 Å². The van der Waals surface area contributed by atoms with Crippen molar-refractivity contribution in [3.63, 3.8) is 0 Å². The van der Waals surface area contributed by atoms with Crippen LogP contribution in [0, 0.1) is 0 Å². The molecular formula is C22H16ClF3N4O5S2. The SMILES string of the molecule is Cn1c(C(F)(F)F)cc(=O)n(-c2ccc3snc(CC(=O)NS(=O)(=O)Cc4cccc(Cl)c4)c3c2)c1=O. The zero-order chi connectivity index (χ0) is 27.1. The lowest BCUT2D eigenvalue weighted by molar-refractivity contribution is -0.144. The summed E-state index contributed by atoms with van der Waals surface area (Å²) in [6, 6.07) is 10.6. The molecule has 1 amide bonds. The molecule has 0 saturated carbocycles. The second kappa shape index (κ2) is 9.76. The van der Waals surface area contributed by atoms with Crippen molar-refractivity contribution in [2.24, 2.45) is 7.05 Å². The Hall–Kier alpha value is -3.49. The van der Waals surface area contributed by atoms with Crippen LogP contribution in [0.3, 0.4) is 0 Å². The van der Waals surface area contributed by atoms with Gasteiger partial charge in [0, 0.05) is 23.5 Å². The topological polar surface area (TPSA) is 120 Å². The summed E-state index contributed by atoms with van der Waals surface area (Å²) in [6.07, 6.45) is -5.35. The van der Waals surface area contributed by atoms with Gasteiger partial charge in [-0.05, 0) is 47.4 Å². The molecular weight excluding hydrogens is 557 g/mol. The van der Waals surface area contributed by atoms with Gasteiger partial charge in [-0.1, -0.05) is 23.7 Å². The molecule has 0 aliphatic carbocycles. The van der Waals surface area contributed by atoms with Crippen LogP contribution in [0.5, 0.6) is 0 Å². The zero-order valence-corrected chi connectivity index (χ0v) is 21.1. The molecule has 2 heterocycles. The summed E-state index contributed by atoms with van der Waals surface area (Å²) in [4.78, 5) is 37.5. The van der Waals surface area contributed by atoms with Crippen LogP contribution in [0.2, 0.25) is 5.02 Å². The van der Waals surface area contributed by atoms with Crippen molar-refractivity contribution in [2.45, 2.75) is 18.3 Å². The Labute approximate surface area is 216 Å². The molecule has 1 N–H and O–H groups in total. The highest BCUT2D eigenvalue weighted by Crippen LogP contribution is 2.28. The maximum atomic E-state index is 13.1. The number of amides is 1. The third-order valence-corrected chi connectivity index (χ3v) is 7.59. The first-order chi connectivity index (χ1) is 17.2. The van der Waals surface area contributed by atoms with Gasteiger partial charge in [0.05, 0.1) is 28.3 Å². The Morgan fingerprint density at radius 1 is 1.14 bits per heavy atom. The maximum absolute atomic E-state index is 13.1. The van der Waals surface area contributed by atoms with Crippen LogP contribution in [-0.4, -0.2) is 27.8 Å². The summed E-state index contributed by atoms with van der Waals surface area (Å²) < 4.78 is 71.8. The molecule has 4 rings (SSSR count). The van der Waals surface area contributed by atoms with Gasteiger partial charge in [-0.25, -0.2) is 17.8 Å². The lowest BCUT2D eigenvalue weighted by Gasteiger charge is -2.14. The van der Waals surface area contributed by atoms with Gasteiger partial charge in [0.25, 0.3) is 5.56 Å². The Balaban J connectivity index is 1.62. The third kappa shape index (κ3) is 5.76. The molecule has 9 nitrogen and oxygen atoms in total. The van der Waals surface area contributed by atoms with E-state index in [1.807, 2.05) is 4.72 Å². The summed E-state index contributed by atoms with van der Waals surface area (Å²) in [6.45, 7) is 0. The first-order valence-electron chi connectivity index (χ1n) is 10.3. The Bertz CT molecular complexity index is 1760. The number of fused-ring (bicyclic) bond motifs is 1. The van der Waals surface area contributed by atoms with Gasteiger partial charge in [0.2, 0.25) is 15.9 Å². The number of carbonyl (C=O) groups excluding carboxylic acids is 1. The number of nitrogens with one attached hydrogen (secondary N) is 1. The van der Waals surface area contributed by atoms with Crippen LogP contribution < -0.4 is 16.0 Å². The van der Waals surface area contributed by atoms with Gasteiger partial charge in [-0.3, -0.25) is 18.9 Å². The fourth-order valence-electron chi connectivity index (χ4n) is 3.62. The van der Waals surface area contributed by atoms with Crippen LogP contribution in [0.15, 0.2) is 58.1 Å². The highest BCUT2D eigenvalue weighted by atomic mass is 35.5. The summed E-state index contributed by atoms with van der Waals surface area (Å²) in [5.41, 5.74) is -3.30. The number of sulfonamides is 1. The van der Waals surface area contributed by atoms with Crippen molar-refractivity contribution >= 4 is 49.2 Å². The van der Waals surface area contributed by atoms with E-state index in [-0.39, 0.29) is 11.4 Å². The van der Waals surface area contributed by atoms with E-state index in [1.54, 1.807) is 18.2 Å². The van der Waals surface area contributed by atoms with E-state index in [2.05, 4.69) is 4.37 Å². The van der Waals surface area contributed by atoms with Gasteiger partial charge >= 0.3 is 11.9 Å². The number of nitrogens with zero attached hydrogens (tertiary/aromatic N) is 3. The molecule has 0 saturated heterocycles. The Morgan fingerprint density at radius 2 is 1.86 bits per heavy atom. The number of hydrogen-bond donors (Lipinski definition) is 1. The van der Waals surface area contributed by atoms with Crippen molar-refractivity contribution in [1.29, 1.82) is 0 Å². The number of aromatic nitrogens is 3. The number of alkyl halides is 3. The standard InChI is InChI=1S/C22H16ClF3N4O5S2/c1-29-18(22(24,25)26)10-20(32)30(21(29)33)14-5-6-17-15(8-14)16(27-36-17)9-19(31)28-37(34,35)11-12-3-2-4-13(23)7-12/h2-8,10H,9,11H2,1H3,(H,28,31). The molecule has 0 aliphatic heterocycles. The zero-order valence-electron chi connectivity index (χ0n) is 18.7. The van der Waals surface area contributed by atoms with Crippen molar-refractivity contribution < 1.29 is 26.4 Å². The van der Waals surface area contributed by atoms with E-state index in [0.717, 1.165) is 18.6 Å². The van der Waals surface area contributed by atoms with E-state index in [0.29, 0.717) is 35.9 Å². The van der Waals surface area contributed by atoms with Crippen molar-refractivity contribution in [3.8, 4) is 5.69 Å². The molecule has 15 heteroatoms. The highest BCUT2D eigenvalue weighted by Gasteiger charge is 2.35. The van der Waals surface area contributed by atoms with E-state index in [9.17, 15) is 36.0 Å². The quantitative estimate of drug-likeness (QED) is 0.379. The lowest BCUT2D eigenvalue weighted by Crippen LogP contribution is -2.40. The molecule has 0 spiro atoms. The molecule has 0 bridgehead atoms. The van der Waals surface area contributed by atoms with Gasteiger partial charge in [0.15, 0.2) is 0 Å².